The van der Waals surface area contributed by atoms with E-state index in [2.05, 4.69) is 15.5 Å². The molecule has 0 aliphatic rings. The predicted molar refractivity (Wildman–Crippen MR) is 74.5 cm³/mol. The molecular formula is C13H8F7N3S. The molecule has 1 heterocycles. The van der Waals surface area contributed by atoms with E-state index in [0.29, 0.717) is 11.9 Å². The van der Waals surface area contributed by atoms with E-state index >= 15 is 0 Å². The average Bonchev–Trinajstić information content (AvgIpc) is 2.83. The van der Waals surface area contributed by atoms with Crippen molar-refractivity contribution in [3.8, 4) is 0 Å². The molecule has 0 aliphatic heterocycles. The molecule has 0 bridgehead atoms. The summed E-state index contributed by atoms with van der Waals surface area (Å²) in [6, 6.07) is -0.165. The zero-order valence-electron chi connectivity index (χ0n) is 11.8. The van der Waals surface area contributed by atoms with Gasteiger partial charge < -0.3 is 0 Å². The van der Waals surface area contributed by atoms with Crippen LogP contribution in [0.2, 0.25) is 0 Å². The summed E-state index contributed by atoms with van der Waals surface area (Å²) in [4.78, 5) is 3.91. The molecule has 0 saturated heterocycles. The quantitative estimate of drug-likeness (QED) is 0.464. The molecule has 0 aliphatic carbocycles. The third kappa shape index (κ3) is 4.22. The summed E-state index contributed by atoms with van der Waals surface area (Å²) in [5.74, 6) is -1.68. The molecule has 0 radical (unpaired) electrons. The van der Waals surface area contributed by atoms with Crippen molar-refractivity contribution in [1.29, 1.82) is 0 Å². The number of rotatable bonds is 3. The number of anilines is 1. The Morgan fingerprint density at radius 1 is 1.12 bits per heavy atom. The lowest BCUT2D eigenvalue weighted by Crippen LogP contribution is -2.15. The van der Waals surface area contributed by atoms with Crippen molar-refractivity contribution in [2.75, 3.05) is 5.43 Å². The lowest BCUT2D eigenvalue weighted by Gasteiger charge is -2.14. The van der Waals surface area contributed by atoms with Crippen LogP contribution < -0.4 is 5.43 Å². The summed E-state index contributed by atoms with van der Waals surface area (Å²) in [6.07, 6.45) is -9.82. The van der Waals surface area contributed by atoms with Crippen LogP contribution in [0.3, 0.4) is 0 Å². The summed E-state index contributed by atoms with van der Waals surface area (Å²) >= 11 is 1.10. The number of benzene rings is 1. The first-order valence-corrected chi connectivity index (χ1v) is 7.05. The Bertz CT molecular complexity index is 762. The molecule has 0 spiro atoms. The normalized spacial score (nSPS) is 12.8. The molecule has 24 heavy (non-hydrogen) atoms. The standard InChI is InChI=1S/C13H8F7N3S/c1-6-5-24-11(22-6)23-21-4-8-9(13(18,19)20)2-7(3-10(8)14)12(15,16)17/h2-5H,1H3,(H,22,23). The second-order valence-corrected chi connectivity index (χ2v) is 5.44. The van der Waals surface area contributed by atoms with Crippen LogP contribution >= 0.6 is 11.3 Å². The van der Waals surface area contributed by atoms with Crippen LogP contribution in [-0.4, -0.2) is 11.2 Å². The van der Waals surface area contributed by atoms with E-state index in [1.165, 1.54) is 0 Å². The van der Waals surface area contributed by atoms with Crippen LogP contribution in [0.1, 0.15) is 22.4 Å². The Balaban J connectivity index is 2.41. The van der Waals surface area contributed by atoms with Gasteiger partial charge in [0, 0.05) is 10.9 Å². The summed E-state index contributed by atoms with van der Waals surface area (Å²) < 4.78 is 90.2. The monoisotopic (exact) mass is 371 g/mol. The number of nitrogens with one attached hydrogen (secondary N) is 1. The van der Waals surface area contributed by atoms with E-state index in [4.69, 9.17) is 0 Å². The van der Waals surface area contributed by atoms with Crippen molar-refractivity contribution in [2.45, 2.75) is 19.3 Å². The Labute approximate surface area is 134 Å². The minimum absolute atomic E-state index is 0.00979. The minimum atomic E-state index is -5.18. The topological polar surface area (TPSA) is 37.3 Å². The molecule has 0 atom stereocenters. The lowest BCUT2D eigenvalue weighted by molar-refractivity contribution is -0.143. The molecule has 130 valence electrons. The average molecular weight is 371 g/mol. The molecule has 1 N–H and O–H groups in total. The highest BCUT2D eigenvalue weighted by atomic mass is 32.1. The van der Waals surface area contributed by atoms with Crippen molar-refractivity contribution in [3.05, 3.63) is 45.7 Å². The van der Waals surface area contributed by atoms with Crippen LogP contribution in [-0.2, 0) is 12.4 Å². The van der Waals surface area contributed by atoms with Gasteiger partial charge in [0.15, 0.2) is 0 Å². The molecule has 0 saturated carbocycles. The molecule has 0 unspecified atom stereocenters. The number of hydrogen-bond acceptors (Lipinski definition) is 4. The van der Waals surface area contributed by atoms with E-state index < -0.39 is 34.9 Å². The lowest BCUT2D eigenvalue weighted by atomic mass is 10.0. The number of halogens is 7. The van der Waals surface area contributed by atoms with Gasteiger partial charge in [0.05, 0.1) is 23.0 Å². The first kappa shape index (κ1) is 18.2. The molecule has 11 heteroatoms. The largest absolute Gasteiger partial charge is 0.417 e. The van der Waals surface area contributed by atoms with Gasteiger partial charge in [-0.25, -0.2) is 9.37 Å². The smallest absolute Gasteiger partial charge is 0.253 e. The number of thiazole rings is 1. The highest BCUT2D eigenvalue weighted by Crippen LogP contribution is 2.38. The van der Waals surface area contributed by atoms with Crippen molar-refractivity contribution in [3.63, 3.8) is 0 Å². The maximum atomic E-state index is 13.8. The maximum absolute atomic E-state index is 13.8. The maximum Gasteiger partial charge on any atom is 0.417 e. The fraction of sp³-hybridized carbons (Fsp3) is 0.231. The summed E-state index contributed by atoms with van der Waals surface area (Å²) in [5, 5.41) is 5.28. The van der Waals surface area contributed by atoms with Gasteiger partial charge in [-0.05, 0) is 19.1 Å². The van der Waals surface area contributed by atoms with Crippen molar-refractivity contribution in [2.24, 2.45) is 5.10 Å². The highest BCUT2D eigenvalue weighted by Gasteiger charge is 2.39. The van der Waals surface area contributed by atoms with Crippen LogP contribution in [0.4, 0.5) is 35.9 Å². The van der Waals surface area contributed by atoms with Crippen LogP contribution in [0.15, 0.2) is 22.6 Å². The number of alkyl halides is 6. The molecule has 0 amide bonds. The SMILES string of the molecule is Cc1csc(NN=Cc2c(F)cc(C(F)(F)F)cc2C(F)(F)F)n1. The first-order chi connectivity index (χ1) is 11.0. The van der Waals surface area contributed by atoms with E-state index in [9.17, 15) is 30.7 Å². The number of hydrazone groups is 1. The van der Waals surface area contributed by atoms with Crippen LogP contribution in [0, 0.1) is 12.7 Å². The minimum Gasteiger partial charge on any atom is -0.253 e. The zero-order chi connectivity index (χ0) is 18.1. The van der Waals surface area contributed by atoms with Gasteiger partial charge in [-0.15, -0.1) is 11.3 Å². The van der Waals surface area contributed by atoms with Crippen LogP contribution in [0.5, 0.6) is 0 Å². The second-order valence-electron chi connectivity index (χ2n) is 4.58. The second kappa shape index (κ2) is 6.38. The Morgan fingerprint density at radius 3 is 2.29 bits per heavy atom. The summed E-state index contributed by atoms with van der Waals surface area (Å²) in [6.45, 7) is 1.67. The van der Waals surface area contributed by atoms with Gasteiger partial charge in [0.2, 0.25) is 5.13 Å². The Kier molecular flexibility index (Phi) is 4.83. The molecule has 1 aromatic heterocycles. The van der Waals surface area contributed by atoms with Gasteiger partial charge in [-0.2, -0.15) is 31.4 Å². The van der Waals surface area contributed by atoms with Gasteiger partial charge >= 0.3 is 12.4 Å². The zero-order valence-corrected chi connectivity index (χ0v) is 12.6. The fourth-order valence-electron chi connectivity index (χ4n) is 1.70. The van der Waals surface area contributed by atoms with E-state index in [0.717, 1.165) is 11.3 Å². The van der Waals surface area contributed by atoms with Gasteiger partial charge in [0.1, 0.15) is 5.82 Å². The van der Waals surface area contributed by atoms with Crippen molar-refractivity contribution >= 4 is 22.7 Å². The van der Waals surface area contributed by atoms with E-state index in [-0.39, 0.29) is 17.3 Å². The molecular weight excluding hydrogens is 363 g/mol. The van der Waals surface area contributed by atoms with Crippen molar-refractivity contribution < 1.29 is 30.7 Å². The Morgan fingerprint density at radius 2 is 1.79 bits per heavy atom. The van der Waals surface area contributed by atoms with E-state index in [1.807, 2.05) is 0 Å². The van der Waals surface area contributed by atoms with Gasteiger partial charge in [0.25, 0.3) is 0 Å². The van der Waals surface area contributed by atoms with Gasteiger partial charge in [-0.1, -0.05) is 0 Å². The number of hydrogen-bond donors (Lipinski definition) is 1. The number of aryl methyl sites for hydroxylation is 1. The molecule has 0 fully saturated rings. The van der Waals surface area contributed by atoms with Gasteiger partial charge in [-0.3, -0.25) is 5.43 Å². The third-order valence-corrected chi connectivity index (χ3v) is 3.60. The molecule has 1 aromatic carbocycles. The summed E-state index contributed by atoms with van der Waals surface area (Å²) in [5.41, 5.74) is -1.68. The molecule has 3 nitrogen and oxygen atoms in total. The first-order valence-electron chi connectivity index (χ1n) is 6.17. The number of aromatic nitrogens is 1. The Hall–Kier alpha value is -2.17. The molecule has 2 aromatic rings. The van der Waals surface area contributed by atoms with Crippen molar-refractivity contribution in [1.82, 2.24) is 4.98 Å². The third-order valence-electron chi connectivity index (χ3n) is 2.74. The number of nitrogens with zero attached hydrogens (tertiary/aromatic N) is 2. The molecule has 2 rings (SSSR count). The highest BCUT2D eigenvalue weighted by molar-refractivity contribution is 7.13. The predicted octanol–water partition coefficient (Wildman–Crippen LogP) is 5.07. The van der Waals surface area contributed by atoms with E-state index in [1.54, 1.807) is 12.3 Å². The summed E-state index contributed by atoms with van der Waals surface area (Å²) in [7, 11) is 0. The van der Waals surface area contributed by atoms with Crippen LogP contribution in [0.25, 0.3) is 0 Å². The fourth-order valence-corrected chi connectivity index (χ4v) is 2.34.